The quantitative estimate of drug-likeness (QED) is 0.505. The van der Waals surface area contributed by atoms with E-state index in [4.69, 9.17) is 10.8 Å². The third kappa shape index (κ3) is 7.10. The zero-order valence-corrected chi connectivity index (χ0v) is 9.88. The minimum absolute atomic E-state index is 0.170. The molecule has 0 radical (unpaired) electrons. The fourth-order valence-electron chi connectivity index (χ4n) is 0.943. The molecule has 0 aromatic carbocycles. The average molecular weight is 248 g/mol. The fourth-order valence-corrected chi connectivity index (χ4v) is 1.62. The van der Waals surface area contributed by atoms with Crippen LogP contribution in [0.25, 0.3) is 0 Å². The summed E-state index contributed by atoms with van der Waals surface area (Å²) in [5, 5.41) is 11.1. The van der Waals surface area contributed by atoms with Crippen molar-refractivity contribution in [3.05, 3.63) is 0 Å². The number of nitrogens with one attached hydrogen (secondary N) is 1. The number of hydrogen-bond donors (Lipinski definition) is 3. The topological polar surface area (TPSA) is 109 Å². The van der Waals surface area contributed by atoms with E-state index in [0.29, 0.717) is 12.2 Å². The Morgan fingerprint density at radius 1 is 1.44 bits per heavy atom. The molecular formula is C9H16N2O4S. The fraction of sp³-hybridized carbons (Fsp3) is 0.667. The van der Waals surface area contributed by atoms with E-state index in [-0.39, 0.29) is 18.1 Å². The highest BCUT2D eigenvalue weighted by atomic mass is 32.2. The third-order valence-corrected chi connectivity index (χ3v) is 2.74. The highest BCUT2D eigenvalue weighted by molar-refractivity contribution is 7.99. The molecule has 0 rings (SSSR count). The van der Waals surface area contributed by atoms with Crippen molar-refractivity contribution in [2.45, 2.75) is 25.8 Å². The molecule has 1 atom stereocenters. The number of aliphatic carboxylic acids is 1. The van der Waals surface area contributed by atoms with Crippen molar-refractivity contribution >= 4 is 29.5 Å². The van der Waals surface area contributed by atoms with Crippen LogP contribution in [0, 0.1) is 0 Å². The summed E-state index contributed by atoms with van der Waals surface area (Å²) in [6.45, 7) is 1.68. The highest BCUT2D eigenvalue weighted by Gasteiger charge is 2.16. The van der Waals surface area contributed by atoms with Gasteiger partial charge in [-0.25, -0.2) is 4.79 Å². The predicted molar refractivity (Wildman–Crippen MR) is 61.0 cm³/mol. The van der Waals surface area contributed by atoms with Gasteiger partial charge < -0.3 is 16.2 Å². The Bertz CT molecular complexity index is 270. The van der Waals surface area contributed by atoms with E-state index in [1.807, 2.05) is 0 Å². The van der Waals surface area contributed by atoms with Crippen molar-refractivity contribution in [2.75, 3.05) is 11.5 Å². The summed E-state index contributed by atoms with van der Waals surface area (Å²) in [5.41, 5.74) is 4.91. The van der Waals surface area contributed by atoms with Crippen LogP contribution in [-0.4, -0.2) is 40.4 Å². The van der Waals surface area contributed by atoms with Gasteiger partial charge in [-0.1, -0.05) is 6.92 Å². The van der Waals surface area contributed by atoms with Crippen LogP contribution in [0.5, 0.6) is 0 Å². The van der Waals surface area contributed by atoms with Gasteiger partial charge in [0.25, 0.3) is 0 Å². The van der Waals surface area contributed by atoms with Crippen LogP contribution in [0.1, 0.15) is 19.8 Å². The molecule has 7 heteroatoms. The van der Waals surface area contributed by atoms with Gasteiger partial charge in [-0.15, -0.1) is 0 Å². The standard InChI is InChI=1S/C9H16N2O4S/c1-2-6(9(14)15)11-8(13)3-4-16-5-7(10)12/h6H,2-5H2,1H3,(H2,10,12)(H,11,13)(H,14,15). The lowest BCUT2D eigenvalue weighted by molar-refractivity contribution is -0.141. The molecular weight excluding hydrogens is 232 g/mol. The number of nitrogens with two attached hydrogens (primary N) is 1. The molecule has 0 aromatic heterocycles. The molecule has 6 nitrogen and oxygen atoms in total. The number of thioether (sulfide) groups is 1. The van der Waals surface area contributed by atoms with Crippen LogP contribution < -0.4 is 11.1 Å². The summed E-state index contributed by atoms with van der Waals surface area (Å²) in [4.78, 5) is 32.2. The maximum absolute atomic E-state index is 11.3. The van der Waals surface area contributed by atoms with Crippen LogP contribution in [0.15, 0.2) is 0 Å². The Kier molecular flexibility index (Phi) is 7.36. The second-order valence-corrected chi connectivity index (χ2v) is 4.24. The zero-order chi connectivity index (χ0) is 12.6. The summed E-state index contributed by atoms with van der Waals surface area (Å²) in [6.07, 6.45) is 0.525. The van der Waals surface area contributed by atoms with Crippen molar-refractivity contribution < 1.29 is 19.5 Å². The molecule has 0 aliphatic rings. The van der Waals surface area contributed by atoms with Gasteiger partial charge in [0.1, 0.15) is 6.04 Å². The molecule has 4 N–H and O–H groups in total. The first-order valence-corrected chi connectivity index (χ1v) is 6.01. The average Bonchev–Trinajstić information content (AvgIpc) is 2.20. The van der Waals surface area contributed by atoms with Crippen LogP contribution >= 0.6 is 11.8 Å². The molecule has 0 aliphatic carbocycles. The van der Waals surface area contributed by atoms with Gasteiger partial charge in [0, 0.05) is 12.2 Å². The Balaban J connectivity index is 3.73. The van der Waals surface area contributed by atoms with Crippen LogP contribution in [0.3, 0.4) is 0 Å². The number of carbonyl (C=O) groups is 3. The van der Waals surface area contributed by atoms with Gasteiger partial charge in [0.15, 0.2) is 0 Å². The Morgan fingerprint density at radius 3 is 2.50 bits per heavy atom. The van der Waals surface area contributed by atoms with E-state index in [9.17, 15) is 14.4 Å². The number of rotatable bonds is 8. The maximum Gasteiger partial charge on any atom is 0.326 e. The van der Waals surface area contributed by atoms with Gasteiger partial charge in [0.2, 0.25) is 11.8 Å². The van der Waals surface area contributed by atoms with E-state index in [0.717, 1.165) is 0 Å². The predicted octanol–water partition coefficient (Wildman–Crippen LogP) is -0.426. The molecule has 1 unspecified atom stereocenters. The Morgan fingerprint density at radius 2 is 2.06 bits per heavy atom. The van der Waals surface area contributed by atoms with Crippen molar-refractivity contribution in [1.82, 2.24) is 5.32 Å². The van der Waals surface area contributed by atoms with Crippen LogP contribution in [0.4, 0.5) is 0 Å². The third-order valence-electron chi connectivity index (χ3n) is 1.76. The lowest BCUT2D eigenvalue weighted by Crippen LogP contribution is -2.40. The second kappa shape index (κ2) is 7.98. The molecule has 0 aromatic rings. The summed E-state index contributed by atoms with van der Waals surface area (Å²) >= 11 is 1.25. The first-order chi connectivity index (χ1) is 7.47. The van der Waals surface area contributed by atoms with E-state index in [1.54, 1.807) is 6.92 Å². The van der Waals surface area contributed by atoms with Crippen molar-refractivity contribution in [2.24, 2.45) is 5.73 Å². The summed E-state index contributed by atoms with van der Waals surface area (Å²) in [7, 11) is 0. The Hall–Kier alpha value is -1.24. The molecule has 0 saturated heterocycles. The molecule has 0 heterocycles. The van der Waals surface area contributed by atoms with Gasteiger partial charge >= 0.3 is 5.97 Å². The van der Waals surface area contributed by atoms with Crippen molar-refractivity contribution in [3.63, 3.8) is 0 Å². The molecule has 0 bridgehead atoms. The normalized spacial score (nSPS) is 11.8. The summed E-state index contributed by atoms with van der Waals surface area (Å²) < 4.78 is 0. The van der Waals surface area contributed by atoms with Crippen LogP contribution in [0.2, 0.25) is 0 Å². The number of primary amides is 1. The van der Waals surface area contributed by atoms with Crippen LogP contribution in [-0.2, 0) is 14.4 Å². The first kappa shape index (κ1) is 14.8. The van der Waals surface area contributed by atoms with Crippen molar-refractivity contribution in [1.29, 1.82) is 0 Å². The first-order valence-electron chi connectivity index (χ1n) is 4.85. The minimum atomic E-state index is -1.04. The minimum Gasteiger partial charge on any atom is -0.480 e. The second-order valence-electron chi connectivity index (χ2n) is 3.14. The monoisotopic (exact) mass is 248 g/mol. The number of carboxylic acid groups (broad SMARTS) is 1. The smallest absolute Gasteiger partial charge is 0.326 e. The van der Waals surface area contributed by atoms with Gasteiger partial charge in [-0.2, -0.15) is 11.8 Å². The molecule has 0 aliphatic heterocycles. The molecule has 16 heavy (non-hydrogen) atoms. The SMILES string of the molecule is CCC(NC(=O)CCSCC(N)=O)C(=O)O. The number of amides is 2. The summed E-state index contributed by atoms with van der Waals surface area (Å²) in [5.74, 6) is -1.18. The number of carbonyl (C=O) groups excluding carboxylic acids is 2. The lowest BCUT2D eigenvalue weighted by Gasteiger charge is -2.11. The lowest BCUT2D eigenvalue weighted by atomic mass is 10.2. The molecule has 2 amide bonds. The maximum atomic E-state index is 11.3. The van der Waals surface area contributed by atoms with Gasteiger partial charge in [0.05, 0.1) is 5.75 Å². The molecule has 0 saturated carbocycles. The van der Waals surface area contributed by atoms with Crippen molar-refractivity contribution in [3.8, 4) is 0 Å². The van der Waals surface area contributed by atoms with E-state index in [2.05, 4.69) is 5.32 Å². The van der Waals surface area contributed by atoms with E-state index in [1.165, 1.54) is 11.8 Å². The highest BCUT2D eigenvalue weighted by Crippen LogP contribution is 2.01. The Labute approximate surface area is 98.0 Å². The van der Waals surface area contributed by atoms with E-state index >= 15 is 0 Å². The van der Waals surface area contributed by atoms with Gasteiger partial charge in [-0.3, -0.25) is 9.59 Å². The molecule has 0 spiro atoms. The summed E-state index contributed by atoms with van der Waals surface area (Å²) in [6, 6.07) is -0.839. The number of hydrogen-bond acceptors (Lipinski definition) is 4. The number of carboxylic acids is 1. The molecule has 0 fully saturated rings. The van der Waals surface area contributed by atoms with Gasteiger partial charge in [-0.05, 0) is 6.42 Å². The zero-order valence-electron chi connectivity index (χ0n) is 9.06. The largest absolute Gasteiger partial charge is 0.480 e. The van der Waals surface area contributed by atoms with E-state index < -0.39 is 17.9 Å². The molecule has 92 valence electrons.